The molecule has 202 valence electrons. The SMILES string of the molecule is COS(=O)(=O)c1ccc(C2=C(c3ccccc3)C(c3ccccc3)=C(c3ccc(CS(=O)(=O)O)cc3)C2=O)cc1. The minimum absolute atomic E-state index is 0.0306. The summed E-state index contributed by atoms with van der Waals surface area (Å²) in [7, 11) is -7.05. The first-order valence-corrected chi connectivity index (χ1v) is 15.2. The van der Waals surface area contributed by atoms with Crippen LogP contribution in [0.25, 0.3) is 22.3 Å². The van der Waals surface area contributed by atoms with Gasteiger partial charge in [0.25, 0.3) is 20.2 Å². The second kappa shape index (κ2) is 10.8. The average molecular weight is 573 g/mol. The van der Waals surface area contributed by atoms with Crippen molar-refractivity contribution in [3.05, 3.63) is 137 Å². The van der Waals surface area contributed by atoms with Crippen LogP contribution in [0.4, 0.5) is 0 Å². The summed E-state index contributed by atoms with van der Waals surface area (Å²) in [5, 5.41) is 0. The third-order valence-corrected chi connectivity index (χ3v) is 8.56. The summed E-state index contributed by atoms with van der Waals surface area (Å²) in [6.45, 7) is 0. The molecule has 0 bridgehead atoms. The summed E-state index contributed by atoms with van der Waals surface area (Å²) < 4.78 is 61.0. The molecule has 5 rings (SSSR count). The topological polar surface area (TPSA) is 115 Å². The largest absolute Gasteiger partial charge is 0.296 e. The zero-order valence-electron chi connectivity index (χ0n) is 21.3. The van der Waals surface area contributed by atoms with Gasteiger partial charge in [0.1, 0.15) is 5.75 Å². The molecule has 1 N–H and O–H groups in total. The van der Waals surface area contributed by atoms with Crippen LogP contribution in [-0.2, 0) is 35.0 Å². The molecule has 4 aromatic carbocycles. The molecule has 1 aliphatic carbocycles. The minimum Gasteiger partial charge on any atom is -0.289 e. The molecule has 0 saturated carbocycles. The van der Waals surface area contributed by atoms with E-state index in [9.17, 15) is 26.2 Å². The fraction of sp³-hybridized carbons (Fsp3) is 0.0645. The van der Waals surface area contributed by atoms with Crippen LogP contribution >= 0.6 is 0 Å². The second-order valence-electron chi connectivity index (χ2n) is 9.13. The molecule has 0 heterocycles. The molecule has 1 aliphatic rings. The number of allylic oxidation sites excluding steroid dienone is 4. The van der Waals surface area contributed by atoms with Crippen LogP contribution in [0.1, 0.15) is 27.8 Å². The first-order valence-electron chi connectivity index (χ1n) is 12.2. The number of hydrogen-bond acceptors (Lipinski definition) is 6. The number of benzene rings is 4. The highest BCUT2D eigenvalue weighted by Crippen LogP contribution is 2.49. The van der Waals surface area contributed by atoms with Crippen molar-refractivity contribution in [2.24, 2.45) is 0 Å². The average Bonchev–Trinajstić information content (AvgIpc) is 3.26. The first kappa shape index (κ1) is 27.4. The van der Waals surface area contributed by atoms with Crippen LogP contribution in [-0.4, -0.2) is 34.3 Å². The number of hydrogen-bond donors (Lipinski definition) is 1. The van der Waals surface area contributed by atoms with E-state index in [0.29, 0.717) is 39.0 Å². The second-order valence-corrected chi connectivity index (χ2v) is 12.3. The Bertz CT molecular complexity index is 1860. The lowest BCUT2D eigenvalue weighted by atomic mass is 9.89. The van der Waals surface area contributed by atoms with Crippen molar-refractivity contribution < 1.29 is 30.4 Å². The smallest absolute Gasteiger partial charge is 0.289 e. The van der Waals surface area contributed by atoms with Crippen molar-refractivity contribution in [2.45, 2.75) is 10.6 Å². The van der Waals surface area contributed by atoms with Gasteiger partial charge in [-0.15, -0.1) is 0 Å². The van der Waals surface area contributed by atoms with Crippen LogP contribution in [0.15, 0.2) is 114 Å². The quantitative estimate of drug-likeness (QED) is 0.219. The lowest BCUT2D eigenvalue weighted by Crippen LogP contribution is -2.05. The van der Waals surface area contributed by atoms with E-state index in [1.807, 2.05) is 60.7 Å². The Morgan fingerprint density at radius 1 is 0.575 bits per heavy atom. The van der Waals surface area contributed by atoms with E-state index in [1.54, 1.807) is 36.4 Å². The molecule has 0 unspecified atom stereocenters. The molecule has 0 amide bonds. The molecule has 7 nitrogen and oxygen atoms in total. The highest BCUT2D eigenvalue weighted by Gasteiger charge is 2.35. The van der Waals surface area contributed by atoms with E-state index in [0.717, 1.165) is 18.2 Å². The number of carbonyl (C=O) groups excluding carboxylic acids is 1. The van der Waals surface area contributed by atoms with E-state index >= 15 is 0 Å². The fourth-order valence-corrected chi connectivity index (χ4v) is 6.08. The van der Waals surface area contributed by atoms with Gasteiger partial charge < -0.3 is 0 Å². The maximum absolute atomic E-state index is 14.3. The molecular weight excluding hydrogens is 548 g/mol. The van der Waals surface area contributed by atoms with E-state index in [-0.39, 0.29) is 10.7 Å². The lowest BCUT2D eigenvalue weighted by molar-refractivity contribution is -0.108. The van der Waals surface area contributed by atoms with Crippen LogP contribution in [0.3, 0.4) is 0 Å². The van der Waals surface area contributed by atoms with Gasteiger partial charge in [-0.05, 0) is 39.9 Å². The van der Waals surface area contributed by atoms with E-state index in [2.05, 4.69) is 4.18 Å². The lowest BCUT2D eigenvalue weighted by Gasteiger charge is -2.14. The van der Waals surface area contributed by atoms with Gasteiger partial charge in [-0.2, -0.15) is 16.8 Å². The number of ketones is 1. The zero-order chi connectivity index (χ0) is 28.5. The first-order chi connectivity index (χ1) is 19.1. The molecule has 0 radical (unpaired) electrons. The summed E-state index contributed by atoms with van der Waals surface area (Å²) in [6, 6.07) is 31.4. The predicted molar refractivity (Wildman–Crippen MR) is 154 cm³/mol. The molecular formula is C31H24O7S2. The number of rotatable bonds is 8. The van der Waals surface area contributed by atoms with E-state index < -0.39 is 26.0 Å². The maximum atomic E-state index is 14.3. The molecule has 0 aliphatic heterocycles. The molecule has 0 spiro atoms. The Kier molecular flexibility index (Phi) is 7.39. The Morgan fingerprint density at radius 2 is 0.975 bits per heavy atom. The predicted octanol–water partition coefficient (Wildman–Crippen LogP) is 5.51. The third-order valence-electron chi connectivity index (χ3n) is 6.57. The molecule has 0 fully saturated rings. The third kappa shape index (κ3) is 5.45. The molecule has 0 atom stereocenters. The number of carbonyl (C=O) groups is 1. The Balaban J connectivity index is 1.75. The van der Waals surface area contributed by atoms with E-state index in [4.69, 9.17) is 0 Å². The van der Waals surface area contributed by atoms with Gasteiger partial charge in [-0.3, -0.25) is 13.5 Å². The maximum Gasteiger partial charge on any atom is 0.296 e. The number of Topliss-reactive ketones (excluding diaryl/α,β-unsaturated/α-hetero) is 1. The molecule has 0 aromatic heterocycles. The van der Waals surface area contributed by atoms with Crippen molar-refractivity contribution in [3.63, 3.8) is 0 Å². The molecule has 9 heteroatoms. The molecule has 4 aromatic rings. The summed E-state index contributed by atoms with van der Waals surface area (Å²) in [4.78, 5) is 14.3. The van der Waals surface area contributed by atoms with Crippen molar-refractivity contribution in [1.29, 1.82) is 0 Å². The standard InChI is InChI=1S/C31H24O7S2/c1-38-40(36,37)26-18-16-25(17-19-26)30-28(23-10-6-3-7-11-23)27(22-8-4-2-5-9-22)29(31(30)32)24-14-12-21(13-15-24)20-39(33,34)35/h2-19H,20H2,1H3,(H,33,34,35). The van der Waals surface area contributed by atoms with Gasteiger partial charge in [0, 0.05) is 22.3 Å². The van der Waals surface area contributed by atoms with Gasteiger partial charge in [-0.1, -0.05) is 97.1 Å². The zero-order valence-corrected chi connectivity index (χ0v) is 22.9. The Hall–Kier alpha value is -4.15. The highest BCUT2D eigenvalue weighted by molar-refractivity contribution is 7.86. The fourth-order valence-electron chi connectivity index (χ4n) is 4.80. The normalized spacial score (nSPS) is 14.2. The Morgan fingerprint density at radius 3 is 1.38 bits per heavy atom. The summed E-state index contributed by atoms with van der Waals surface area (Å²) >= 11 is 0. The molecule has 40 heavy (non-hydrogen) atoms. The van der Waals surface area contributed by atoms with Crippen molar-refractivity contribution in [1.82, 2.24) is 0 Å². The van der Waals surface area contributed by atoms with Crippen molar-refractivity contribution in [2.75, 3.05) is 7.11 Å². The highest BCUT2D eigenvalue weighted by atomic mass is 32.2. The van der Waals surface area contributed by atoms with E-state index in [1.165, 1.54) is 12.1 Å². The monoisotopic (exact) mass is 572 g/mol. The minimum atomic E-state index is -4.22. The van der Waals surface area contributed by atoms with Crippen molar-refractivity contribution in [3.8, 4) is 0 Å². The van der Waals surface area contributed by atoms with Crippen LogP contribution in [0.2, 0.25) is 0 Å². The summed E-state index contributed by atoms with van der Waals surface area (Å²) in [5.74, 6) is -0.802. The van der Waals surface area contributed by atoms with Gasteiger partial charge in [-0.25, -0.2) is 0 Å². The van der Waals surface area contributed by atoms with Crippen LogP contribution < -0.4 is 0 Å². The summed E-state index contributed by atoms with van der Waals surface area (Å²) in [6.07, 6.45) is 0. The van der Waals surface area contributed by atoms with Gasteiger partial charge in [0.2, 0.25) is 0 Å². The van der Waals surface area contributed by atoms with Gasteiger partial charge >= 0.3 is 0 Å². The van der Waals surface area contributed by atoms with Gasteiger partial charge in [0.05, 0.1) is 12.0 Å². The summed E-state index contributed by atoms with van der Waals surface area (Å²) in [5.41, 5.74) is 5.31. The van der Waals surface area contributed by atoms with Crippen molar-refractivity contribution >= 4 is 48.3 Å². The van der Waals surface area contributed by atoms with Crippen LogP contribution in [0.5, 0.6) is 0 Å². The molecule has 0 saturated heterocycles. The van der Waals surface area contributed by atoms with Crippen LogP contribution in [0, 0.1) is 0 Å². The Labute approximate surface area is 233 Å². The van der Waals surface area contributed by atoms with Gasteiger partial charge in [0.15, 0.2) is 5.78 Å².